The molecule has 0 aliphatic rings. The van der Waals surface area contributed by atoms with Gasteiger partial charge in [0.25, 0.3) is 0 Å². The van der Waals surface area contributed by atoms with Crippen LogP contribution in [0.2, 0.25) is 10.0 Å². The lowest BCUT2D eigenvalue weighted by Gasteiger charge is -2.22. The summed E-state index contributed by atoms with van der Waals surface area (Å²) in [6.07, 6.45) is 0.873. The van der Waals surface area contributed by atoms with Crippen molar-refractivity contribution in [2.45, 2.75) is 33.2 Å². The first-order valence-electron chi connectivity index (χ1n) is 7.12. The second-order valence-electron chi connectivity index (χ2n) is 5.56. The van der Waals surface area contributed by atoms with E-state index in [1.54, 1.807) is 0 Å². The van der Waals surface area contributed by atoms with Gasteiger partial charge in [0.05, 0.1) is 0 Å². The highest BCUT2D eigenvalue weighted by Crippen LogP contribution is 2.33. The fraction of sp³-hybridized carbons (Fsp3) is 0.333. The van der Waals surface area contributed by atoms with Crippen molar-refractivity contribution in [1.29, 1.82) is 0 Å². The predicted molar refractivity (Wildman–Crippen MR) is 92.6 cm³/mol. The molecule has 0 bridgehead atoms. The lowest BCUT2D eigenvalue weighted by molar-refractivity contribution is 0.589. The molecule has 0 saturated carbocycles. The molecule has 112 valence electrons. The molecule has 0 aliphatic carbocycles. The highest BCUT2D eigenvalue weighted by molar-refractivity contribution is 6.36. The van der Waals surface area contributed by atoms with Crippen LogP contribution in [0.25, 0.3) is 0 Å². The van der Waals surface area contributed by atoms with Gasteiger partial charge in [0, 0.05) is 21.7 Å². The minimum absolute atomic E-state index is 0.103. The molecule has 0 amide bonds. The third-order valence-corrected chi connectivity index (χ3v) is 4.60. The van der Waals surface area contributed by atoms with Gasteiger partial charge < -0.3 is 5.32 Å². The van der Waals surface area contributed by atoms with E-state index in [0.29, 0.717) is 10.0 Å². The fourth-order valence-corrected chi connectivity index (χ4v) is 3.59. The van der Waals surface area contributed by atoms with Gasteiger partial charge in [0.15, 0.2) is 0 Å². The minimum Gasteiger partial charge on any atom is -0.313 e. The summed E-state index contributed by atoms with van der Waals surface area (Å²) in [4.78, 5) is 0. The lowest BCUT2D eigenvalue weighted by Crippen LogP contribution is -2.20. The maximum Gasteiger partial charge on any atom is 0.0468 e. The van der Waals surface area contributed by atoms with E-state index in [-0.39, 0.29) is 6.04 Å². The van der Waals surface area contributed by atoms with E-state index in [2.05, 4.69) is 38.2 Å². The van der Waals surface area contributed by atoms with Gasteiger partial charge in [-0.1, -0.05) is 47.0 Å². The van der Waals surface area contributed by atoms with Crippen molar-refractivity contribution < 1.29 is 0 Å². The van der Waals surface area contributed by atoms with Crippen LogP contribution in [0.1, 0.15) is 33.9 Å². The van der Waals surface area contributed by atoms with Gasteiger partial charge in [-0.15, -0.1) is 0 Å². The first-order chi connectivity index (χ1) is 9.93. The Kier molecular flexibility index (Phi) is 5.32. The Morgan fingerprint density at radius 2 is 1.52 bits per heavy atom. The Morgan fingerprint density at radius 3 is 2.00 bits per heavy atom. The molecule has 0 fully saturated rings. The van der Waals surface area contributed by atoms with E-state index in [1.165, 1.54) is 22.3 Å². The second-order valence-corrected chi connectivity index (χ2v) is 6.37. The molecule has 2 rings (SSSR count). The molecule has 21 heavy (non-hydrogen) atoms. The number of aryl methyl sites for hydroxylation is 3. The number of hydrogen-bond donors (Lipinski definition) is 1. The van der Waals surface area contributed by atoms with Gasteiger partial charge >= 0.3 is 0 Å². The summed E-state index contributed by atoms with van der Waals surface area (Å²) < 4.78 is 0. The molecule has 1 unspecified atom stereocenters. The normalized spacial score (nSPS) is 12.5. The highest BCUT2D eigenvalue weighted by Gasteiger charge is 2.18. The van der Waals surface area contributed by atoms with Crippen LogP contribution in [0, 0.1) is 20.8 Å². The molecule has 2 aromatic rings. The summed E-state index contributed by atoms with van der Waals surface area (Å²) in [6.45, 7) is 6.46. The monoisotopic (exact) mass is 321 g/mol. The average molecular weight is 322 g/mol. The molecular formula is C18H21Cl2N. The lowest BCUT2D eigenvalue weighted by atomic mass is 9.91. The zero-order chi connectivity index (χ0) is 15.6. The van der Waals surface area contributed by atoms with Crippen molar-refractivity contribution in [2.75, 3.05) is 7.05 Å². The van der Waals surface area contributed by atoms with E-state index in [1.807, 2.05) is 25.2 Å². The summed E-state index contributed by atoms with van der Waals surface area (Å²) in [7, 11) is 1.95. The SMILES string of the molecule is CNC(Cc1c(C)cc(C)cc1C)c1c(Cl)cccc1Cl. The van der Waals surface area contributed by atoms with Crippen LogP contribution < -0.4 is 5.32 Å². The number of likely N-dealkylation sites (N-methyl/N-ethyl adjacent to an activating group) is 1. The third kappa shape index (κ3) is 3.60. The maximum atomic E-state index is 6.35. The molecule has 0 spiro atoms. The first kappa shape index (κ1) is 16.4. The second kappa shape index (κ2) is 6.83. The van der Waals surface area contributed by atoms with Gasteiger partial charge in [0.1, 0.15) is 0 Å². The van der Waals surface area contributed by atoms with Gasteiger partial charge in [-0.25, -0.2) is 0 Å². The maximum absolute atomic E-state index is 6.35. The number of rotatable bonds is 4. The van der Waals surface area contributed by atoms with Crippen molar-refractivity contribution in [3.8, 4) is 0 Å². The Labute approximate surface area is 137 Å². The van der Waals surface area contributed by atoms with Crippen LogP contribution in [0.4, 0.5) is 0 Å². The van der Waals surface area contributed by atoms with Crippen LogP contribution in [-0.2, 0) is 6.42 Å². The number of benzene rings is 2. The molecule has 0 radical (unpaired) electrons. The minimum atomic E-state index is 0.103. The molecule has 1 N–H and O–H groups in total. The van der Waals surface area contributed by atoms with Crippen molar-refractivity contribution in [1.82, 2.24) is 5.32 Å². The quantitative estimate of drug-likeness (QED) is 0.792. The number of halogens is 2. The standard InChI is InChI=1S/C18H21Cl2N/c1-11-8-12(2)14(13(3)9-11)10-17(21-4)18-15(19)6-5-7-16(18)20/h5-9,17,21H,10H2,1-4H3. The summed E-state index contributed by atoms with van der Waals surface area (Å²) >= 11 is 12.7. The Balaban J connectivity index is 2.41. The summed E-state index contributed by atoms with van der Waals surface area (Å²) in [5, 5.41) is 4.77. The Morgan fingerprint density at radius 1 is 1.00 bits per heavy atom. The topological polar surface area (TPSA) is 12.0 Å². The smallest absolute Gasteiger partial charge is 0.0468 e. The zero-order valence-electron chi connectivity index (χ0n) is 12.9. The highest BCUT2D eigenvalue weighted by atomic mass is 35.5. The molecule has 0 saturated heterocycles. The van der Waals surface area contributed by atoms with Gasteiger partial charge in [0.2, 0.25) is 0 Å². The van der Waals surface area contributed by atoms with Crippen LogP contribution in [0.3, 0.4) is 0 Å². The fourth-order valence-electron chi connectivity index (χ4n) is 2.93. The van der Waals surface area contributed by atoms with Crippen molar-refractivity contribution in [3.05, 3.63) is 68.2 Å². The molecule has 2 aromatic carbocycles. The average Bonchev–Trinajstić information content (AvgIpc) is 2.40. The molecule has 1 atom stereocenters. The number of nitrogens with one attached hydrogen (secondary N) is 1. The van der Waals surface area contributed by atoms with Crippen molar-refractivity contribution in [3.63, 3.8) is 0 Å². The van der Waals surface area contributed by atoms with E-state index >= 15 is 0 Å². The first-order valence-corrected chi connectivity index (χ1v) is 7.87. The Hall–Kier alpha value is -1.02. The van der Waals surface area contributed by atoms with Crippen LogP contribution in [0.15, 0.2) is 30.3 Å². The molecular weight excluding hydrogens is 301 g/mol. The summed E-state index contributed by atoms with van der Waals surface area (Å²) in [5.41, 5.74) is 6.26. The largest absolute Gasteiger partial charge is 0.313 e. The van der Waals surface area contributed by atoms with Gasteiger partial charge in [-0.2, -0.15) is 0 Å². The van der Waals surface area contributed by atoms with Crippen molar-refractivity contribution >= 4 is 23.2 Å². The van der Waals surface area contributed by atoms with E-state index in [0.717, 1.165) is 12.0 Å². The molecule has 1 nitrogen and oxygen atoms in total. The van der Waals surface area contributed by atoms with Crippen LogP contribution in [0.5, 0.6) is 0 Å². The number of hydrogen-bond acceptors (Lipinski definition) is 1. The van der Waals surface area contributed by atoms with Gasteiger partial charge in [-0.05, 0) is 63.1 Å². The Bertz CT molecular complexity index is 606. The molecule has 0 aromatic heterocycles. The summed E-state index contributed by atoms with van der Waals surface area (Å²) in [5.74, 6) is 0. The van der Waals surface area contributed by atoms with Crippen LogP contribution >= 0.6 is 23.2 Å². The van der Waals surface area contributed by atoms with Gasteiger partial charge in [-0.3, -0.25) is 0 Å². The van der Waals surface area contributed by atoms with E-state index < -0.39 is 0 Å². The summed E-state index contributed by atoms with van der Waals surface area (Å²) in [6, 6.07) is 10.2. The van der Waals surface area contributed by atoms with E-state index in [9.17, 15) is 0 Å². The molecule has 3 heteroatoms. The predicted octanol–water partition coefficient (Wildman–Crippen LogP) is 5.42. The van der Waals surface area contributed by atoms with Crippen LogP contribution in [-0.4, -0.2) is 7.05 Å². The molecule has 0 heterocycles. The zero-order valence-corrected chi connectivity index (χ0v) is 14.4. The van der Waals surface area contributed by atoms with Crippen molar-refractivity contribution in [2.24, 2.45) is 0 Å². The third-order valence-electron chi connectivity index (χ3n) is 3.95. The molecule has 0 aliphatic heterocycles. The van der Waals surface area contributed by atoms with E-state index in [4.69, 9.17) is 23.2 Å².